The first-order chi connectivity index (χ1) is 11.4. The number of methoxy groups -OCH3 is 1. The zero-order valence-electron chi connectivity index (χ0n) is 14.3. The zero-order chi connectivity index (χ0) is 17.3. The summed E-state index contributed by atoms with van der Waals surface area (Å²) in [7, 11) is 1.61. The van der Waals surface area contributed by atoms with E-state index in [-0.39, 0.29) is 11.9 Å². The van der Waals surface area contributed by atoms with E-state index in [1.54, 1.807) is 25.0 Å². The van der Waals surface area contributed by atoms with Crippen molar-refractivity contribution in [2.75, 3.05) is 13.7 Å². The number of benzene rings is 1. The molecule has 1 aliphatic heterocycles. The molecule has 24 heavy (non-hydrogen) atoms. The Balaban J connectivity index is 1.88. The molecule has 0 spiro atoms. The second kappa shape index (κ2) is 6.32. The molecule has 1 fully saturated rings. The van der Waals surface area contributed by atoms with Gasteiger partial charge in [0.1, 0.15) is 11.4 Å². The number of nitrogens with zero attached hydrogens (tertiary/aromatic N) is 1. The van der Waals surface area contributed by atoms with E-state index in [2.05, 4.69) is 0 Å². The van der Waals surface area contributed by atoms with Gasteiger partial charge in [-0.1, -0.05) is 12.1 Å². The van der Waals surface area contributed by atoms with Crippen LogP contribution in [0.5, 0.6) is 5.75 Å². The lowest BCUT2D eigenvalue weighted by Crippen LogP contribution is -2.48. The van der Waals surface area contributed by atoms with Crippen LogP contribution in [0.2, 0.25) is 0 Å². The number of ether oxygens (including phenoxy) is 1. The molecule has 3 rings (SSSR count). The smallest absolute Gasteiger partial charge is 0.290 e. The van der Waals surface area contributed by atoms with Crippen LogP contribution in [-0.4, -0.2) is 35.6 Å². The van der Waals surface area contributed by atoms with E-state index in [1.165, 1.54) is 6.26 Å². The van der Waals surface area contributed by atoms with Gasteiger partial charge in [0, 0.05) is 12.1 Å². The van der Waals surface area contributed by atoms with Crippen LogP contribution >= 0.6 is 0 Å². The number of furan rings is 1. The lowest BCUT2D eigenvalue weighted by molar-refractivity contribution is -0.0186. The van der Waals surface area contributed by atoms with Gasteiger partial charge in [0.15, 0.2) is 5.76 Å². The van der Waals surface area contributed by atoms with Gasteiger partial charge in [-0.25, -0.2) is 0 Å². The third-order valence-corrected chi connectivity index (χ3v) is 4.89. The molecule has 5 heteroatoms. The Bertz CT molecular complexity index is 717. The zero-order valence-corrected chi connectivity index (χ0v) is 14.3. The molecule has 128 valence electrons. The van der Waals surface area contributed by atoms with Crippen molar-refractivity contribution < 1.29 is 19.1 Å². The molecule has 1 N–H and O–H groups in total. The summed E-state index contributed by atoms with van der Waals surface area (Å²) in [5.74, 6) is 0.932. The summed E-state index contributed by atoms with van der Waals surface area (Å²) in [6.45, 7) is 4.24. The number of aliphatic hydroxyl groups is 1. The molecule has 0 radical (unpaired) electrons. The predicted octanol–water partition coefficient (Wildman–Crippen LogP) is 3.11. The van der Waals surface area contributed by atoms with Crippen molar-refractivity contribution >= 4 is 5.91 Å². The van der Waals surface area contributed by atoms with E-state index >= 15 is 0 Å². The van der Waals surface area contributed by atoms with Gasteiger partial charge in [-0.2, -0.15) is 0 Å². The Morgan fingerprint density at radius 3 is 2.62 bits per heavy atom. The van der Waals surface area contributed by atoms with Crippen LogP contribution in [0.25, 0.3) is 0 Å². The van der Waals surface area contributed by atoms with Gasteiger partial charge in [0.25, 0.3) is 5.91 Å². The third-order valence-electron chi connectivity index (χ3n) is 4.89. The highest BCUT2D eigenvalue weighted by molar-refractivity contribution is 5.93. The Labute approximate surface area is 141 Å². The van der Waals surface area contributed by atoms with E-state index in [1.807, 2.05) is 31.2 Å². The van der Waals surface area contributed by atoms with E-state index in [4.69, 9.17) is 9.15 Å². The summed E-state index contributed by atoms with van der Waals surface area (Å²) < 4.78 is 10.5. The van der Waals surface area contributed by atoms with Crippen LogP contribution in [-0.2, 0) is 5.60 Å². The molecule has 0 aliphatic carbocycles. The Morgan fingerprint density at radius 1 is 1.33 bits per heavy atom. The van der Waals surface area contributed by atoms with E-state index in [9.17, 15) is 9.90 Å². The number of rotatable bonds is 4. The Hall–Kier alpha value is -2.27. The normalized spacial score (nSPS) is 20.0. The monoisotopic (exact) mass is 329 g/mol. The molecular weight excluding hydrogens is 306 g/mol. The molecule has 1 saturated heterocycles. The fourth-order valence-corrected chi connectivity index (χ4v) is 3.44. The fraction of sp³-hybridized carbons (Fsp3) is 0.421. The molecule has 0 saturated carbocycles. The predicted molar refractivity (Wildman–Crippen MR) is 90.1 cm³/mol. The maximum atomic E-state index is 12.8. The minimum Gasteiger partial charge on any atom is -0.497 e. The highest BCUT2D eigenvalue weighted by atomic mass is 16.5. The quantitative estimate of drug-likeness (QED) is 0.936. The average Bonchev–Trinajstić information content (AvgIpc) is 3.23. The number of hydrogen-bond donors (Lipinski definition) is 1. The number of carbonyl (C=O) groups excluding carboxylic acids is 1. The van der Waals surface area contributed by atoms with Crippen LogP contribution in [0, 0.1) is 6.92 Å². The molecule has 1 aliphatic rings. The van der Waals surface area contributed by atoms with Gasteiger partial charge >= 0.3 is 0 Å². The summed E-state index contributed by atoms with van der Waals surface area (Å²) in [5.41, 5.74) is 0.442. The van der Waals surface area contributed by atoms with Gasteiger partial charge < -0.3 is 19.2 Å². The van der Waals surface area contributed by atoms with Crippen molar-refractivity contribution in [1.82, 2.24) is 4.90 Å². The second-order valence-electron chi connectivity index (χ2n) is 6.47. The van der Waals surface area contributed by atoms with Gasteiger partial charge in [-0.15, -0.1) is 0 Å². The van der Waals surface area contributed by atoms with Crippen molar-refractivity contribution in [2.45, 2.75) is 38.3 Å². The third kappa shape index (κ3) is 2.80. The molecule has 1 aromatic carbocycles. The van der Waals surface area contributed by atoms with Gasteiger partial charge in [0.2, 0.25) is 0 Å². The summed E-state index contributed by atoms with van der Waals surface area (Å²) in [6, 6.07) is 8.82. The molecule has 0 unspecified atom stereocenters. The molecule has 2 heterocycles. The summed E-state index contributed by atoms with van der Waals surface area (Å²) in [4.78, 5) is 14.6. The maximum Gasteiger partial charge on any atom is 0.290 e. The standard InChI is InChI=1S/C19H23NO4/c1-13-10-12-24-17(13)18(21)20-11-4-5-16(20)19(2,22)14-6-8-15(23-3)9-7-14/h6-10,12,16,22H,4-5,11H2,1-3H3/t16-,19-/m1/s1. The minimum atomic E-state index is -1.14. The van der Waals surface area contributed by atoms with Crippen molar-refractivity contribution in [3.8, 4) is 5.75 Å². The number of amides is 1. The number of hydrogen-bond acceptors (Lipinski definition) is 4. The summed E-state index contributed by atoms with van der Waals surface area (Å²) in [6.07, 6.45) is 3.14. The van der Waals surface area contributed by atoms with Crippen molar-refractivity contribution in [1.29, 1.82) is 0 Å². The van der Waals surface area contributed by atoms with Gasteiger partial charge in [-0.05, 0) is 50.5 Å². The average molecular weight is 329 g/mol. The van der Waals surface area contributed by atoms with Crippen LogP contribution in [0.1, 0.15) is 41.4 Å². The molecule has 1 aromatic heterocycles. The maximum absolute atomic E-state index is 12.8. The SMILES string of the molecule is COc1ccc([C@@](C)(O)[C@H]2CCCN2C(=O)c2occc2C)cc1. The van der Waals surface area contributed by atoms with Crippen LogP contribution < -0.4 is 4.74 Å². The molecule has 0 bridgehead atoms. The van der Waals surface area contributed by atoms with E-state index in [0.29, 0.717) is 12.3 Å². The number of aryl methyl sites for hydroxylation is 1. The minimum absolute atomic E-state index is 0.159. The lowest BCUT2D eigenvalue weighted by Gasteiger charge is -2.36. The molecule has 5 nitrogen and oxygen atoms in total. The largest absolute Gasteiger partial charge is 0.497 e. The number of likely N-dealkylation sites (tertiary alicyclic amines) is 1. The van der Waals surface area contributed by atoms with Crippen LogP contribution in [0.4, 0.5) is 0 Å². The topological polar surface area (TPSA) is 62.9 Å². The number of carbonyl (C=O) groups is 1. The van der Waals surface area contributed by atoms with Crippen molar-refractivity contribution in [3.63, 3.8) is 0 Å². The van der Waals surface area contributed by atoms with E-state index in [0.717, 1.165) is 29.7 Å². The first kappa shape index (κ1) is 16.6. The van der Waals surface area contributed by atoms with Crippen LogP contribution in [0.15, 0.2) is 41.0 Å². The Morgan fingerprint density at radius 2 is 2.04 bits per heavy atom. The summed E-state index contributed by atoms with van der Waals surface area (Å²) >= 11 is 0. The lowest BCUT2D eigenvalue weighted by atomic mass is 9.86. The first-order valence-electron chi connectivity index (χ1n) is 8.17. The molecular formula is C19H23NO4. The first-order valence-corrected chi connectivity index (χ1v) is 8.17. The summed E-state index contributed by atoms with van der Waals surface area (Å²) in [5, 5.41) is 11.2. The van der Waals surface area contributed by atoms with Gasteiger partial charge in [0.05, 0.1) is 19.4 Å². The molecule has 2 aromatic rings. The molecule has 1 amide bonds. The molecule has 2 atom stereocenters. The second-order valence-corrected chi connectivity index (χ2v) is 6.47. The van der Waals surface area contributed by atoms with Crippen molar-refractivity contribution in [2.24, 2.45) is 0 Å². The fourth-order valence-electron chi connectivity index (χ4n) is 3.44. The Kier molecular flexibility index (Phi) is 4.37. The van der Waals surface area contributed by atoms with Crippen LogP contribution in [0.3, 0.4) is 0 Å². The van der Waals surface area contributed by atoms with Crippen molar-refractivity contribution in [3.05, 3.63) is 53.5 Å². The highest BCUT2D eigenvalue weighted by Crippen LogP contribution is 2.36. The van der Waals surface area contributed by atoms with E-state index < -0.39 is 5.60 Å². The van der Waals surface area contributed by atoms with Gasteiger partial charge in [-0.3, -0.25) is 4.79 Å². The highest BCUT2D eigenvalue weighted by Gasteiger charge is 2.43.